The molecule has 1 saturated heterocycles. The van der Waals surface area contributed by atoms with Crippen LogP contribution in [0.5, 0.6) is 11.5 Å². The van der Waals surface area contributed by atoms with Gasteiger partial charge in [0.05, 0.1) is 18.9 Å². The maximum Gasteiger partial charge on any atom is 0.387 e. The highest BCUT2D eigenvalue weighted by Crippen LogP contribution is 2.30. The first-order valence-electron chi connectivity index (χ1n) is 11.0. The zero-order chi connectivity index (χ0) is 23.8. The number of rotatable bonds is 9. The quantitative estimate of drug-likeness (QED) is 0.492. The van der Waals surface area contributed by atoms with E-state index in [1.165, 1.54) is 18.3 Å². The van der Waals surface area contributed by atoms with Crippen molar-refractivity contribution in [3.8, 4) is 11.5 Å². The summed E-state index contributed by atoms with van der Waals surface area (Å²) >= 11 is 0. The van der Waals surface area contributed by atoms with Gasteiger partial charge in [0.25, 0.3) is 0 Å². The van der Waals surface area contributed by atoms with Gasteiger partial charge in [0.1, 0.15) is 17.9 Å². The average molecular weight is 472 g/mol. The van der Waals surface area contributed by atoms with E-state index in [1.807, 2.05) is 24.3 Å². The molecule has 3 aromatic rings. The Kier molecular flexibility index (Phi) is 8.05. The number of carbonyl (C=O) groups excluding carboxylic acids is 1. The average Bonchev–Trinajstić information content (AvgIpc) is 2.85. The van der Waals surface area contributed by atoms with E-state index in [2.05, 4.69) is 25.3 Å². The number of amides is 2. The molecule has 2 N–H and O–H groups in total. The number of alkyl halides is 2. The number of nitrogens with zero attached hydrogens (tertiary/aromatic N) is 2. The van der Waals surface area contributed by atoms with Crippen LogP contribution in [-0.2, 0) is 11.3 Å². The smallest absolute Gasteiger partial charge is 0.387 e. The summed E-state index contributed by atoms with van der Waals surface area (Å²) in [6.45, 7) is 2.06. The molecular formula is C24H26F2N4O4. The van der Waals surface area contributed by atoms with Gasteiger partial charge in [-0.1, -0.05) is 12.1 Å². The molecule has 1 aliphatic heterocycles. The van der Waals surface area contributed by atoms with Gasteiger partial charge < -0.3 is 24.8 Å². The van der Waals surface area contributed by atoms with Gasteiger partial charge >= 0.3 is 12.6 Å². The van der Waals surface area contributed by atoms with Gasteiger partial charge in [0, 0.05) is 37.8 Å². The number of fused-ring (bicyclic) bond motifs is 1. The summed E-state index contributed by atoms with van der Waals surface area (Å²) in [5.41, 5.74) is 1.55. The van der Waals surface area contributed by atoms with Gasteiger partial charge in [-0.25, -0.2) is 4.79 Å². The lowest BCUT2D eigenvalue weighted by Gasteiger charge is -2.26. The van der Waals surface area contributed by atoms with Crippen LogP contribution in [0.1, 0.15) is 5.56 Å². The molecule has 0 spiro atoms. The predicted molar refractivity (Wildman–Crippen MR) is 123 cm³/mol. The molecule has 2 heterocycles. The topological polar surface area (TPSA) is 85.0 Å². The molecule has 1 fully saturated rings. The van der Waals surface area contributed by atoms with E-state index in [4.69, 9.17) is 9.47 Å². The van der Waals surface area contributed by atoms with Crippen molar-refractivity contribution in [2.75, 3.05) is 44.8 Å². The summed E-state index contributed by atoms with van der Waals surface area (Å²) < 4.78 is 41.0. The number of hydrogen-bond donors (Lipinski definition) is 2. The highest BCUT2D eigenvalue weighted by Gasteiger charge is 2.14. The van der Waals surface area contributed by atoms with Crippen LogP contribution in [-0.4, -0.2) is 62.0 Å². The van der Waals surface area contributed by atoms with Crippen LogP contribution < -0.4 is 20.1 Å². The molecular weight excluding hydrogens is 446 g/mol. The third kappa shape index (κ3) is 6.52. The second-order valence-electron chi connectivity index (χ2n) is 7.65. The number of aromatic nitrogens is 1. The number of anilines is 1. The van der Waals surface area contributed by atoms with Crippen molar-refractivity contribution < 1.29 is 27.8 Å². The Morgan fingerprint density at radius 3 is 2.82 bits per heavy atom. The number of carbonyl (C=O) groups is 1. The van der Waals surface area contributed by atoms with E-state index < -0.39 is 12.6 Å². The minimum atomic E-state index is -2.97. The SMILES string of the molecule is O=C(NCc1cccc(OCCN2CCOCC2)c1)Nc1ccc(OC(F)F)c2ncccc12. The number of pyridine rings is 1. The molecule has 0 radical (unpaired) electrons. The lowest BCUT2D eigenvalue weighted by atomic mass is 10.1. The van der Waals surface area contributed by atoms with Crippen molar-refractivity contribution in [3.05, 3.63) is 60.3 Å². The fraction of sp³-hybridized carbons (Fsp3) is 0.333. The van der Waals surface area contributed by atoms with Crippen molar-refractivity contribution in [2.45, 2.75) is 13.2 Å². The predicted octanol–water partition coefficient (Wildman–Crippen LogP) is 3.87. The van der Waals surface area contributed by atoms with E-state index in [9.17, 15) is 13.6 Å². The Labute approximate surface area is 195 Å². The molecule has 34 heavy (non-hydrogen) atoms. The standard InChI is InChI=1S/C24H26F2N4O4/c25-23(26)34-21-7-6-20(19-5-2-8-27-22(19)21)29-24(31)28-16-17-3-1-4-18(15-17)33-14-11-30-9-12-32-13-10-30/h1-8,15,23H,9-14,16H2,(H2,28,29,31). The molecule has 1 aromatic heterocycles. The largest absolute Gasteiger partial charge is 0.492 e. The van der Waals surface area contributed by atoms with Crippen LogP contribution in [0.4, 0.5) is 19.3 Å². The van der Waals surface area contributed by atoms with E-state index in [1.54, 1.807) is 12.1 Å². The number of morpholine rings is 1. The third-order valence-corrected chi connectivity index (χ3v) is 5.33. The number of benzene rings is 2. The summed E-state index contributed by atoms with van der Waals surface area (Å²) in [6, 6.07) is 13.3. The van der Waals surface area contributed by atoms with Gasteiger partial charge in [0.15, 0.2) is 5.75 Å². The maximum absolute atomic E-state index is 12.7. The molecule has 180 valence electrons. The molecule has 0 aliphatic carbocycles. The summed E-state index contributed by atoms with van der Waals surface area (Å²) in [6.07, 6.45) is 1.47. The number of ether oxygens (including phenoxy) is 3. The van der Waals surface area contributed by atoms with Gasteiger partial charge in [-0.3, -0.25) is 9.88 Å². The zero-order valence-electron chi connectivity index (χ0n) is 18.5. The molecule has 0 saturated carbocycles. The van der Waals surface area contributed by atoms with Crippen LogP contribution >= 0.6 is 0 Å². The van der Waals surface area contributed by atoms with Gasteiger partial charge in [-0.05, 0) is 42.0 Å². The molecule has 8 nitrogen and oxygen atoms in total. The van der Waals surface area contributed by atoms with Gasteiger partial charge in [-0.15, -0.1) is 0 Å². The van der Waals surface area contributed by atoms with Crippen LogP contribution in [0.3, 0.4) is 0 Å². The van der Waals surface area contributed by atoms with Crippen molar-refractivity contribution in [3.63, 3.8) is 0 Å². The van der Waals surface area contributed by atoms with E-state index in [0.29, 0.717) is 17.7 Å². The minimum Gasteiger partial charge on any atom is -0.492 e. The molecule has 0 unspecified atom stereocenters. The van der Waals surface area contributed by atoms with Crippen LogP contribution in [0.25, 0.3) is 10.9 Å². The van der Waals surface area contributed by atoms with Crippen molar-refractivity contribution in [2.24, 2.45) is 0 Å². The summed E-state index contributed by atoms with van der Waals surface area (Å²) in [5, 5.41) is 6.03. The first-order chi connectivity index (χ1) is 16.6. The fourth-order valence-corrected chi connectivity index (χ4v) is 3.66. The van der Waals surface area contributed by atoms with Crippen molar-refractivity contribution in [1.29, 1.82) is 0 Å². The lowest BCUT2D eigenvalue weighted by Crippen LogP contribution is -2.38. The molecule has 4 rings (SSSR count). The van der Waals surface area contributed by atoms with E-state index >= 15 is 0 Å². The molecule has 1 aliphatic rings. The van der Waals surface area contributed by atoms with Crippen LogP contribution in [0, 0.1) is 0 Å². The van der Waals surface area contributed by atoms with Gasteiger partial charge in [-0.2, -0.15) is 8.78 Å². The van der Waals surface area contributed by atoms with Crippen LogP contribution in [0.2, 0.25) is 0 Å². The highest BCUT2D eigenvalue weighted by molar-refractivity contribution is 6.02. The highest BCUT2D eigenvalue weighted by atomic mass is 19.3. The number of hydrogen-bond acceptors (Lipinski definition) is 6. The second-order valence-corrected chi connectivity index (χ2v) is 7.65. The lowest BCUT2D eigenvalue weighted by molar-refractivity contribution is -0.0489. The normalized spacial score (nSPS) is 14.2. The number of halogens is 2. The third-order valence-electron chi connectivity index (χ3n) is 5.33. The Bertz CT molecular complexity index is 1110. The molecule has 10 heteroatoms. The second kappa shape index (κ2) is 11.6. The maximum atomic E-state index is 12.7. The first kappa shape index (κ1) is 23.7. The van der Waals surface area contributed by atoms with Crippen molar-refractivity contribution in [1.82, 2.24) is 15.2 Å². The molecule has 0 bridgehead atoms. The van der Waals surface area contributed by atoms with E-state index in [-0.39, 0.29) is 17.8 Å². The molecule has 2 amide bonds. The van der Waals surface area contributed by atoms with Crippen LogP contribution in [0.15, 0.2) is 54.7 Å². The number of nitrogens with one attached hydrogen (secondary N) is 2. The summed E-state index contributed by atoms with van der Waals surface area (Å²) in [5.74, 6) is 0.682. The first-order valence-corrected chi connectivity index (χ1v) is 11.0. The van der Waals surface area contributed by atoms with Crippen molar-refractivity contribution >= 4 is 22.6 Å². The monoisotopic (exact) mass is 472 g/mol. The van der Waals surface area contributed by atoms with Gasteiger partial charge in [0.2, 0.25) is 0 Å². The summed E-state index contributed by atoms with van der Waals surface area (Å²) in [4.78, 5) is 18.9. The van der Waals surface area contributed by atoms with E-state index in [0.717, 1.165) is 44.2 Å². The zero-order valence-corrected chi connectivity index (χ0v) is 18.5. The summed E-state index contributed by atoms with van der Waals surface area (Å²) in [7, 11) is 0. The Morgan fingerprint density at radius 1 is 1.15 bits per heavy atom. The number of urea groups is 1. The Hall–Kier alpha value is -3.50. The fourth-order valence-electron chi connectivity index (χ4n) is 3.66. The molecule has 0 atom stereocenters. The Morgan fingerprint density at radius 2 is 2.00 bits per heavy atom. The minimum absolute atomic E-state index is 0.0537. The Balaban J connectivity index is 1.31. The molecule has 2 aromatic carbocycles.